The topological polar surface area (TPSA) is 124 Å². The van der Waals surface area contributed by atoms with Crippen molar-refractivity contribution in [2.45, 2.75) is 32.1 Å². The van der Waals surface area contributed by atoms with Gasteiger partial charge < -0.3 is 14.9 Å². The van der Waals surface area contributed by atoms with E-state index in [4.69, 9.17) is 16.3 Å². The summed E-state index contributed by atoms with van der Waals surface area (Å²) in [6.07, 6.45) is 2.82. The van der Waals surface area contributed by atoms with E-state index in [1.165, 1.54) is 24.1 Å². The van der Waals surface area contributed by atoms with Gasteiger partial charge in [0.25, 0.3) is 0 Å². The SMILES string of the molecule is COc1cc([C@H]2C3=CC[C@@H]4C(=O)N(CCc5ccc(O)cc5)C(=O)[C@@H]4[C@@H]3C[C@H]3C(=O)N(c4ccc(F)c(Cl)c4)C(=O)[C@@]23C)cc(I)c1O. The van der Waals surface area contributed by atoms with Crippen molar-refractivity contribution in [1.29, 1.82) is 0 Å². The Morgan fingerprint density at radius 3 is 2.42 bits per heavy atom. The molecule has 3 aromatic carbocycles. The van der Waals surface area contributed by atoms with Crippen LogP contribution in [-0.2, 0) is 25.6 Å². The van der Waals surface area contributed by atoms with Crippen molar-refractivity contribution in [2.24, 2.45) is 29.1 Å². The molecule has 0 radical (unpaired) electrons. The van der Waals surface area contributed by atoms with Gasteiger partial charge in [0.2, 0.25) is 23.6 Å². The number of nitrogens with zero attached hydrogens (tertiary/aromatic N) is 2. The maximum Gasteiger partial charge on any atom is 0.241 e. The number of imide groups is 2. The van der Waals surface area contributed by atoms with Gasteiger partial charge in [-0.25, -0.2) is 9.29 Å². The number of amides is 4. The predicted octanol–water partition coefficient (Wildman–Crippen LogP) is 5.98. The number of methoxy groups -OCH3 is 1. The number of aromatic hydroxyl groups is 2. The number of likely N-dealkylation sites (tertiary alicyclic amines) is 1. The van der Waals surface area contributed by atoms with Crippen LogP contribution in [0.25, 0.3) is 0 Å². The maximum absolute atomic E-state index is 14.6. The molecule has 0 bridgehead atoms. The molecular weight excluding hydrogens is 754 g/mol. The molecule has 2 N–H and O–H groups in total. The Balaban J connectivity index is 1.32. The second-order valence-electron chi connectivity index (χ2n) is 13.1. The van der Waals surface area contributed by atoms with E-state index in [9.17, 15) is 33.8 Å². The fourth-order valence-electron chi connectivity index (χ4n) is 8.37. The Kier molecular flexibility index (Phi) is 8.05. The van der Waals surface area contributed by atoms with Crippen LogP contribution in [0.5, 0.6) is 17.2 Å². The van der Waals surface area contributed by atoms with Crippen LogP contribution in [0.4, 0.5) is 10.1 Å². The highest BCUT2D eigenvalue weighted by molar-refractivity contribution is 14.1. The zero-order chi connectivity index (χ0) is 34.2. The lowest BCUT2D eigenvalue weighted by Crippen LogP contribution is -2.49. The van der Waals surface area contributed by atoms with Gasteiger partial charge in [0.1, 0.15) is 11.6 Å². The number of phenolic OH excluding ortho intramolecular Hbond substituents is 2. The first-order valence-electron chi connectivity index (χ1n) is 15.6. The molecule has 2 aliphatic carbocycles. The number of hydrogen-bond acceptors (Lipinski definition) is 7. The summed E-state index contributed by atoms with van der Waals surface area (Å²) in [5.74, 6) is -5.42. The van der Waals surface area contributed by atoms with E-state index in [1.807, 2.05) is 28.7 Å². The molecule has 12 heteroatoms. The third kappa shape index (κ3) is 4.83. The van der Waals surface area contributed by atoms with Crippen LogP contribution >= 0.6 is 34.2 Å². The number of carbonyl (C=O) groups is 4. The van der Waals surface area contributed by atoms with E-state index in [0.717, 1.165) is 22.1 Å². The average molecular weight is 785 g/mol. The monoisotopic (exact) mass is 784 g/mol. The molecule has 7 rings (SSSR count). The molecule has 3 fully saturated rings. The van der Waals surface area contributed by atoms with E-state index in [0.29, 0.717) is 22.0 Å². The molecule has 48 heavy (non-hydrogen) atoms. The molecule has 2 heterocycles. The summed E-state index contributed by atoms with van der Waals surface area (Å²) in [4.78, 5) is 59.2. The van der Waals surface area contributed by atoms with Gasteiger partial charge in [-0.2, -0.15) is 0 Å². The summed E-state index contributed by atoms with van der Waals surface area (Å²) in [5.41, 5.74) is 1.09. The minimum atomic E-state index is -1.33. The van der Waals surface area contributed by atoms with Gasteiger partial charge in [-0.3, -0.25) is 24.1 Å². The summed E-state index contributed by atoms with van der Waals surface area (Å²) < 4.78 is 20.1. The lowest BCUT2D eigenvalue weighted by atomic mass is 9.51. The Morgan fingerprint density at radius 2 is 1.73 bits per heavy atom. The second-order valence-corrected chi connectivity index (χ2v) is 14.6. The van der Waals surface area contributed by atoms with Crippen LogP contribution in [-0.4, -0.2) is 52.4 Å². The number of allylic oxidation sites excluding steroid dienone is 2. The Labute approximate surface area is 294 Å². The van der Waals surface area contributed by atoms with Crippen molar-refractivity contribution >= 4 is 63.5 Å². The summed E-state index contributed by atoms with van der Waals surface area (Å²) >= 11 is 8.07. The van der Waals surface area contributed by atoms with Crippen LogP contribution in [0.3, 0.4) is 0 Å². The number of carbonyl (C=O) groups excluding carboxylic acids is 4. The number of benzene rings is 3. The third-order valence-electron chi connectivity index (χ3n) is 10.7. The smallest absolute Gasteiger partial charge is 0.241 e. The van der Waals surface area contributed by atoms with Gasteiger partial charge in [-0.15, -0.1) is 0 Å². The van der Waals surface area contributed by atoms with Gasteiger partial charge in [0, 0.05) is 12.5 Å². The first-order valence-corrected chi connectivity index (χ1v) is 17.0. The number of rotatable bonds is 6. The van der Waals surface area contributed by atoms with E-state index in [1.54, 1.807) is 43.3 Å². The number of hydrogen-bond donors (Lipinski definition) is 2. The van der Waals surface area contributed by atoms with Crippen LogP contribution in [0.2, 0.25) is 5.02 Å². The Hall–Kier alpha value is -3.97. The molecule has 6 atom stereocenters. The molecular formula is C36H31ClFIN2O7. The first-order chi connectivity index (χ1) is 22.9. The van der Waals surface area contributed by atoms with Crippen molar-refractivity contribution in [3.63, 3.8) is 0 Å². The fraction of sp³-hybridized carbons (Fsp3) is 0.333. The Bertz CT molecular complexity index is 1930. The van der Waals surface area contributed by atoms with Crippen molar-refractivity contribution in [1.82, 2.24) is 4.90 Å². The Morgan fingerprint density at radius 1 is 1.00 bits per heavy atom. The molecule has 248 valence electrons. The fourth-order valence-corrected chi connectivity index (χ4v) is 9.17. The predicted molar refractivity (Wildman–Crippen MR) is 182 cm³/mol. The van der Waals surface area contributed by atoms with Gasteiger partial charge in [0.15, 0.2) is 11.5 Å². The minimum absolute atomic E-state index is 0.0640. The molecule has 2 aliphatic heterocycles. The van der Waals surface area contributed by atoms with E-state index in [2.05, 4.69) is 0 Å². The summed E-state index contributed by atoms with van der Waals surface area (Å²) in [6, 6.07) is 13.7. The van der Waals surface area contributed by atoms with Crippen molar-refractivity contribution in [3.8, 4) is 17.2 Å². The maximum atomic E-state index is 14.6. The van der Waals surface area contributed by atoms with E-state index in [-0.39, 0.29) is 52.7 Å². The molecule has 1 saturated carbocycles. The highest BCUT2D eigenvalue weighted by Gasteiger charge is 2.67. The zero-order valence-corrected chi connectivity index (χ0v) is 28.9. The van der Waals surface area contributed by atoms with Crippen LogP contribution < -0.4 is 9.64 Å². The average Bonchev–Trinajstić information content (AvgIpc) is 3.42. The molecule has 9 nitrogen and oxygen atoms in total. The standard InChI is InChI=1S/C36H31ClFIN2O7/c1-36-24(33(45)41(35(36)47)19-5-10-26(38)25(37)15-19)16-23-21(30(36)18-13-27(39)31(43)28(14-18)48-2)8-9-22-29(23)34(46)40(32(22)44)12-11-17-3-6-20(42)7-4-17/h3-8,10,13-15,22-24,29-30,42-43H,9,11-12,16H2,1-2H3/t22-,23+,24-,29-,30-,36+/m0/s1. The molecule has 0 spiro atoms. The number of ether oxygens (including phenoxy) is 1. The van der Waals surface area contributed by atoms with Gasteiger partial charge >= 0.3 is 0 Å². The molecule has 4 aliphatic rings. The lowest BCUT2D eigenvalue weighted by molar-refractivity contribution is -0.140. The zero-order valence-electron chi connectivity index (χ0n) is 26.0. The van der Waals surface area contributed by atoms with Crippen molar-refractivity contribution < 1.29 is 38.5 Å². The second kappa shape index (κ2) is 11.9. The number of anilines is 1. The van der Waals surface area contributed by atoms with Crippen LogP contribution in [0, 0.1) is 38.5 Å². The summed E-state index contributed by atoms with van der Waals surface area (Å²) in [5, 5.41) is 20.1. The first kappa shape index (κ1) is 32.6. The largest absolute Gasteiger partial charge is 0.508 e. The summed E-state index contributed by atoms with van der Waals surface area (Å²) in [6.45, 7) is 1.92. The normalized spacial score (nSPS) is 27.9. The van der Waals surface area contributed by atoms with Crippen molar-refractivity contribution in [3.05, 3.63) is 91.8 Å². The van der Waals surface area contributed by atoms with Crippen molar-refractivity contribution in [2.75, 3.05) is 18.6 Å². The third-order valence-corrected chi connectivity index (χ3v) is 11.8. The summed E-state index contributed by atoms with van der Waals surface area (Å²) in [7, 11) is 1.42. The molecule has 0 unspecified atom stereocenters. The lowest BCUT2D eigenvalue weighted by Gasteiger charge is -2.49. The van der Waals surface area contributed by atoms with Crippen LogP contribution in [0.1, 0.15) is 36.8 Å². The van der Waals surface area contributed by atoms with Gasteiger partial charge in [-0.1, -0.05) is 35.4 Å². The highest BCUT2D eigenvalue weighted by atomic mass is 127. The quantitative estimate of drug-likeness (QED) is 0.179. The minimum Gasteiger partial charge on any atom is -0.508 e. The number of fused-ring (bicyclic) bond motifs is 4. The van der Waals surface area contributed by atoms with Gasteiger partial charge in [-0.05, 0) is 108 Å². The molecule has 0 aromatic heterocycles. The van der Waals surface area contributed by atoms with Crippen LogP contribution in [0.15, 0.2) is 66.2 Å². The molecule has 2 saturated heterocycles. The number of halogens is 3. The highest BCUT2D eigenvalue weighted by Crippen LogP contribution is 2.64. The van der Waals surface area contributed by atoms with Gasteiger partial charge in [0.05, 0.1) is 44.6 Å². The number of phenols is 2. The van der Waals surface area contributed by atoms with E-state index < -0.39 is 52.6 Å². The molecule has 3 aromatic rings. The molecule has 4 amide bonds. The van der Waals surface area contributed by atoms with E-state index >= 15 is 0 Å².